The van der Waals surface area contributed by atoms with Crippen LogP contribution >= 0.6 is 0 Å². The summed E-state index contributed by atoms with van der Waals surface area (Å²) in [6.45, 7) is 2.82. The van der Waals surface area contributed by atoms with Gasteiger partial charge in [-0.25, -0.2) is 18.4 Å². The molecule has 8 nitrogen and oxygen atoms in total. The summed E-state index contributed by atoms with van der Waals surface area (Å²) in [6.07, 6.45) is 7.01. The molecule has 0 N–H and O–H groups in total. The second-order valence-electron chi connectivity index (χ2n) is 7.89. The number of nitriles is 1. The fraction of sp³-hybridized carbons (Fsp3) is 0.348. The molecule has 2 aromatic heterocycles. The molecule has 32 heavy (non-hydrogen) atoms. The van der Waals surface area contributed by atoms with Crippen LogP contribution in [-0.2, 0) is 23.5 Å². The predicted molar refractivity (Wildman–Crippen MR) is 126 cm³/mol. The molecule has 4 rings (SSSR count). The first-order chi connectivity index (χ1) is 15.3. The van der Waals surface area contributed by atoms with E-state index in [9.17, 15) is 8.42 Å². The average molecular weight is 451 g/mol. The molecule has 0 aliphatic carbocycles. The summed E-state index contributed by atoms with van der Waals surface area (Å²) in [4.78, 5) is 11.0. The van der Waals surface area contributed by atoms with Crippen LogP contribution in [0.5, 0.6) is 0 Å². The standard InChI is InChI=1S/C23H26N6O2S/c1-4-17-13-19(18-7-10-29(11-8-18)32(30,31)12-9-24)5-6-21(17)28(3)23-14-22-20(15-25-23)26-16-27(22)2/h5-7,13-16H,4,8,10-12H2,1-3H3. The Bertz CT molecular complexity index is 1340. The SMILES string of the molecule is CCc1cc(C2=CCN(S(=O)(=O)CC#N)CC2)ccc1N(C)c1cc2c(cn1)ncn2C. The summed E-state index contributed by atoms with van der Waals surface area (Å²) < 4.78 is 27.6. The molecule has 0 saturated heterocycles. The summed E-state index contributed by atoms with van der Waals surface area (Å²) >= 11 is 0. The third-order valence-corrected chi connectivity index (χ3v) is 7.56. The summed E-state index contributed by atoms with van der Waals surface area (Å²) in [5.41, 5.74) is 6.40. The number of aryl methyl sites for hydroxylation is 2. The molecular weight excluding hydrogens is 424 g/mol. The van der Waals surface area contributed by atoms with Gasteiger partial charge in [0.1, 0.15) is 11.3 Å². The Kier molecular flexibility index (Phi) is 6.00. The fourth-order valence-electron chi connectivity index (χ4n) is 4.06. The van der Waals surface area contributed by atoms with E-state index in [4.69, 9.17) is 5.26 Å². The third-order valence-electron chi connectivity index (χ3n) is 5.95. The van der Waals surface area contributed by atoms with E-state index in [1.54, 1.807) is 18.6 Å². The van der Waals surface area contributed by atoms with Crippen LogP contribution in [0.2, 0.25) is 0 Å². The lowest BCUT2D eigenvalue weighted by molar-refractivity contribution is 0.444. The van der Waals surface area contributed by atoms with Gasteiger partial charge >= 0.3 is 0 Å². The van der Waals surface area contributed by atoms with Gasteiger partial charge in [-0.2, -0.15) is 9.57 Å². The molecule has 0 radical (unpaired) electrons. The van der Waals surface area contributed by atoms with Crippen molar-refractivity contribution in [3.05, 3.63) is 54.0 Å². The van der Waals surface area contributed by atoms with Crippen LogP contribution < -0.4 is 4.90 Å². The summed E-state index contributed by atoms with van der Waals surface area (Å²) in [6, 6.07) is 10.1. The lowest BCUT2D eigenvalue weighted by Gasteiger charge is -2.26. The van der Waals surface area contributed by atoms with Gasteiger partial charge in [0, 0.05) is 38.9 Å². The van der Waals surface area contributed by atoms with E-state index >= 15 is 0 Å². The molecule has 1 aliphatic rings. The van der Waals surface area contributed by atoms with Gasteiger partial charge in [0.25, 0.3) is 0 Å². The van der Waals surface area contributed by atoms with Crippen LogP contribution in [0.15, 0.2) is 42.9 Å². The van der Waals surface area contributed by atoms with E-state index in [1.165, 1.54) is 9.87 Å². The summed E-state index contributed by atoms with van der Waals surface area (Å²) in [5.74, 6) is 0.370. The third kappa shape index (κ3) is 4.11. The Morgan fingerprint density at radius 1 is 1.25 bits per heavy atom. The van der Waals surface area contributed by atoms with Crippen LogP contribution in [0.4, 0.5) is 11.5 Å². The van der Waals surface area contributed by atoms with E-state index < -0.39 is 15.8 Å². The van der Waals surface area contributed by atoms with Gasteiger partial charge in [0.05, 0.1) is 24.1 Å². The first kappa shape index (κ1) is 22.0. The quantitative estimate of drug-likeness (QED) is 0.572. The number of aromatic nitrogens is 3. The molecule has 0 atom stereocenters. The lowest BCUT2D eigenvalue weighted by atomic mass is 9.96. The minimum Gasteiger partial charge on any atom is -0.334 e. The van der Waals surface area contributed by atoms with Crippen molar-refractivity contribution < 1.29 is 8.42 Å². The molecule has 3 aromatic rings. The van der Waals surface area contributed by atoms with E-state index in [-0.39, 0.29) is 0 Å². The largest absolute Gasteiger partial charge is 0.334 e. The van der Waals surface area contributed by atoms with Crippen LogP contribution in [0, 0.1) is 11.3 Å². The summed E-state index contributed by atoms with van der Waals surface area (Å²) in [7, 11) is 0.471. The molecule has 166 valence electrons. The van der Waals surface area contributed by atoms with Crippen LogP contribution in [0.25, 0.3) is 16.6 Å². The smallest absolute Gasteiger partial charge is 0.227 e. The molecule has 3 heterocycles. The van der Waals surface area contributed by atoms with Gasteiger partial charge < -0.3 is 9.47 Å². The molecular formula is C23H26N6O2S. The molecule has 0 fully saturated rings. The lowest BCUT2D eigenvalue weighted by Crippen LogP contribution is -2.36. The van der Waals surface area contributed by atoms with E-state index in [1.807, 2.05) is 30.8 Å². The van der Waals surface area contributed by atoms with Gasteiger partial charge in [0.2, 0.25) is 10.0 Å². The molecule has 0 saturated carbocycles. The van der Waals surface area contributed by atoms with Crippen molar-refractivity contribution in [2.45, 2.75) is 19.8 Å². The second kappa shape index (κ2) is 8.73. The molecule has 1 aromatic carbocycles. The monoisotopic (exact) mass is 450 g/mol. The van der Waals surface area contributed by atoms with Gasteiger partial charge in [-0.3, -0.25) is 0 Å². The number of rotatable bonds is 6. The highest BCUT2D eigenvalue weighted by atomic mass is 32.2. The maximum atomic E-state index is 12.1. The minimum atomic E-state index is -3.51. The van der Waals surface area contributed by atoms with Crippen LogP contribution in [0.3, 0.4) is 0 Å². The van der Waals surface area contributed by atoms with E-state index in [0.29, 0.717) is 19.5 Å². The van der Waals surface area contributed by atoms with Crippen molar-refractivity contribution in [3.8, 4) is 6.07 Å². The van der Waals surface area contributed by atoms with Gasteiger partial charge in [-0.05, 0) is 41.7 Å². The second-order valence-corrected chi connectivity index (χ2v) is 9.86. The zero-order valence-corrected chi connectivity index (χ0v) is 19.3. The Morgan fingerprint density at radius 3 is 2.75 bits per heavy atom. The number of hydrogen-bond acceptors (Lipinski definition) is 6. The Labute approximate surface area is 188 Å². The van der Waals surface area contributed by atoms with Crippen molar-refractivity contribution in [3.63, 3.8) is 0 Å². The molecule has 1 aliphatic heterocycles. The molecule has 9 heteroatoms. The van der Waals surface area contributed by atoms with Crippen LogP contribution in [-0.4, -0.2) is 53.1 Å². The highest BCUT2D eigenvalue weighted by Gasteiger charge is 2.24. The van der Waals surface area contributed by atoms with Gasteiger partial charge in [-0.1, -0.05) is 19.1 Å². The normalized spacial score (nSPS) is 14.9. The van der Waals surface area contributed by atoms with Gasteiger partial charge in [-0.15, -0.1) is 0 Å². The topological polar surface area (TPSA) is 95.1 Å². The van der Waals surface area contributed by atoms with E-state index in [0.717, 1.165) is 40.1 Å². The maximum absolute atomic E-state index is 12.1. The van der Waals surface area contributed by atoms with Crippen molar-refractivity contribution in [2.24, 2.45) is 7.05 Å². The predicted octanol–water partition coefficient (Wildman–Crippen LogP) is 3.24. The number of benzene rings is 1. The van der Waals surface area contributed by atoms with Crippen molar-refractivity contribution in [2.75, 3.05) is 30.8 Å². The van der Waals surface area contributed by atoms with Crippen LogP contribution in [0.1, 0.15) is 24.5 Å². The number of hydrogen-bond donors (Lipinski definition) is 0. The molecule has 0 bridgehead atoms. The first-order valence-electron chi connectivity index (χ1n) is 10.5. The average Bonchev–Trinajstić information content (AvgIpc) is 3.18. The Balaban J connectivity index is 1.60. The number of imidazole rings is 1. The molecule has 0 spiro atoms. The van der Waals surface area contributed by atoms with E-state index in [2.05, 4.69) is 40.0 Å². The summed E-state index contributed by atoms with van der Waals surface area (Å²) in [5, 5.41) is 8.74. The number of sulfonamides is 1. The number of nitrogens with zero attached hydrogens (tertiary/aromatic N) is 6. The Morgan fingerprint density at radius 2 is 2.06 bits per heavy atom. The van der Waals surface area contributed by atoms with Crippen molar-refractivity contribution in [1.29, 1.82) is 5.26 Å². The minimum absolute atomic E-state index is 0.303. The molecule has 0 amide bonds. The Hall–Kier alpha value is -3.22. The fourth-order valence-corrected chi connectivity index (χ4v) is 5.08. The number of fused-ring (bicyclic) bond motifs is 1. The van der Waals surface area contributed by atoms with Crippen molar-refractivity contribution >= 4 is 38.1 Å². The number of anilines is 2. The number of pyridine rings is 1. The first-order valence-corrected chi connectivity index (χ1v) is 12.1. The van der Waals surface area contributed by atoms with Gasteiger partial charge in [0.15, 0.2) is 5.75 Å². The highest BCUT2D eigenvalue weighted by molar-refractivity contribution is 7.89. The zero-order chi connectivity index (χ0) is 22.9. The zero-order valence-electron chi connectivity index (χ0n) is 18.5. The highest BCUT2D eigenvalue weighted by Crippen LogP contribution is 2.32. The maximum Gasteiger partial charge on any atom is 0.227 e. The molecule has 0 unspecified atom stereocenters. The van der Waals surface area contributed by atoms with Crippen molar-refractivity contribution in [1.82, 2.24) is 18.8 Å².